The molecule has 166 valence electrons. The van der Waals surface area contributed by atoms with E-state index in [1.165, 1.54) is 12.1 Å². The molecular weight excluding hydrogens is 429 g/mol. The molecule has 4 N–H and O–H groups in total. The number of aromatic nitrogens is 2. The Hall–Kier alpha value is -4.29. The van der Waals surface area contributed by atoms with Crippen molar-refractivity contribution >= 4 is 46.6 Å². The van der Waals surface area contributed by atoms with Crippen LogP contribution in [0.25, 0.3) is 11.0 Å². The number of carbonyl (C=O) groups excluding carboxylic acids is 1. The third-order valence-electron chi connectivity index (χ3n) is 5.10. The minimum atomic E-state index is -1.56. The first kappa shape index (κ1) is 21.9. The Kier molecular flexibility index (Phi) is 6.02. The van der Waals surface area contributed by atoms with Crippen molar-refractivity contribution in [2.24, 2.45) is 0 Å². The van der Waals surface area contributed by atoms with E-state index in [1.807, 2.05) is 0 Å². The van der Waals surface area contributed by atoms with Crippen molar-refractivity contribution < 1.29 is 24.4 Å². The number of amides is 1. The van der Waals surface area contributed by atoms with E-state index in [0.29, 0.717) is 28.0 Å². The van der Waals surface area contributed by atoms with Crippen molar-refractivity contribution in [1.82, 2.24) is 15.6 Å². The first-order valence-corrected chi connectivity index (χ1v) is 9.84. The maximum Gasteiger partial charge on any atom is 0.488 e. The molecule has 4 aromatic rings. The van der Waals surface area contributed by atoms with Crippen molar-refractivity contribution in [2.45, 2.75) is 13.5 Å². The van der Waals surface area contributed by atoms with Gasteiger partial charge in [0.1, 0.15) is 0 Å². The molecule has 0 saturated carbocycles. The van der Waals surface area contributed by atoms with Crippen molar-refractivity contribution in [3.63, 3.8) is 0 Å². The van der Waals surface area contributed by atoms with Crippen LogP contribution in [0.2, 0.25) is 0 Å². The molecule has 0 aliphatic heterocycles. The van der Waals surface area contributed by atoms with Gasteiger partial charge in [-0.2, -0.15) is 0 Å². The van der Waals surface area contributed by atoms with Crippen molar-refractivity contribution in [3.8, 4) is 0 Å². The Morgan fingerprint density at radius 3 is 2.58 bits per heavy atom. The zero-order valence-electron chi connectivity index (χ0n) is 17.3. The second-order valence-corrected chi connectivity index (χ2v) is 7.27. The summed E-state index contributed by atoms with van der Waals surface area (Å²) in [5.41, 5.74) is 3.02. The number of hydrogen-bond donors (Lipinski definition) is 4. The fourth-order valence-electron chi connectivity index (χ4n) is 3.45. The van der Waals surface area contributed by atoms with Crippen LogP contribution < -0.4 is 16.1 Å². The fraction of sp³-hybridized carbons (Fsp3) is 0.0952. The van der Waals surface area contributed by atoms with Gasteiger partial charge in [0.25, 0.3) is 5.91 Å². The summed E-state index contributed by atoms with van der Waals surface area (Å²) in [6, 6.07) is 14.6. The summed E-state index contributed by atoms with van der Waals surface area (Å²) in [6.07, 6.45) is 0. The third kappa shape index (κ3) is 4.51. The highest BCUT2D eigenvalue weighted by Crippen LogP contribution is 2.31. The number of hydrogen-bond acceptors (Lipinski definition) is 9. The van der Waals surface area contributed by atoms with E-state index in [2.05, 4.69) is 25.6 Å². The van der Waals surface area contributed by atoms with Crippen molar-refractivity contribution in [2.75, 3.05) is 5.32 Å². The van der Waals surface area contributed by atoms with Crippen LogP contribution in [-0.4, -0.2) is 38.3 Å². The molecule has 12 heteroatoms. The number of nitro benzene ring substituents is 1. The topological polar surface area (TPSA) is 164 Å². The van der Waals surface area contributed by atoms with Gasteiger partial charge in [0.15, 0.2) is 5.52 Å². The van der Waals surface area contributed by atoms with Crippen LogP contribution in [0.3, 0.4) is 0 Å². The molecule has 0 saturated heterocycles. The molecule has 11 nitrogen and oxygen atoms in total. The second-order valence-electron chi connectivity index (χ2n) is 7.27. The zero-order valence-corrected chi connectivity index (χ0v) is 17.3. The number of nitro groups is 1. The van der Waals surface area contributed by atoms with Gasteiger partial charge in [0.05, 0.1) is 21.9 Å². The lowest BCUT2D eigenvalue weighted by Gasteiger charge is -2.13. The van der Waals surface area contributed by atoms with Crippen LogP contribution in [0.4, 0.5) is 17.1 Å². The highest BCUT2D eigenvalue weighted by molar-refractivity contribution is 6.59. The summed E-state index contributed by atoms with van der Waals surface area (Å²) in [5.74, 6) is -0.349. The van der Waals surface area contributed by atoms with Gasteiger partial charge in [0.2, 0.25) is 5.52 Å². The summed E-state index contributed by atoms with van der Waals surface area (Å²) in [7, 11) is -1.56. The molecule has 0 aliphatic rings. The molecule has 0 radical (unpaired) electrons. The van der Waals surface area contributed by atoms with Gasteiger partial charge in [-0.25, -0.2) is 4.63 Å². The molecule has 1 heterocycles. The van der Waals surface area contributed by atoms with E-state index in [9.17, 15) is 25.0 Å². The minimum absolute atomic E-state index is 0.00116. The predicted molar refractivity (Wildman–Crippen MR) is 120 cm³/mol. The number of para-hydroxylation sites is 1. The average Bonchev–Trinajstić information content (AvgIpc) is 3.28. The van der Waals surface area contributed by atoms with Gasteiger partial charge in [0, 0.05) is 12.6 Å². The number of carbonyl (C=O) groups is 1. The molecule has 0 spiro atoms. The third-order valence-corrected chi connectivity index (χ3v) is 5.10. The molecule has 0 unspecified atom stereocenters. The number of nitrogens with zero attached hydrogens (tertiary/aromatic N) is 3. The molecule has 33 heavy (non-hydrogen) atoms. The van der Waals surface area contributed by atoms with Gasteiger partial charge in [-0.15, -0.1) is 0 Å². The minimum Gasteiger partial charge on any atom is -0.423 e. The molecule has 0 fully saturated rings. The van der Waals surface area contributed by atoms with Gasteiger partial charge in [-0.05, 0) is 46.5 Å². The molecule has 4 rings (SSSR count). The Balaban J connectivity index is 1.55. The number of fused-ring (bicyclic) bond motifs is 1. The van der Waals surface area contributed by atoms with E-state index in [-0.39, 0.29) is 29.2 Å². The number of anilines is 2. The molecule has 3 aromatic carbocycles. The Bertz CT molecular complexity index is 1360. The molecule has 0 atom stereocenters. The quantitative estimate of drug-likeness (QED) is 0.188. The molecule has 1 aromatic heterocycles. The van der Waals surface area contributed by atoms with E-state index < -0.39 is 12.0 Å². The number of aryl methyl sites for hydroxylation is 1. The van der Waals surface area contributed by atoms with Gasteiger partial charge < -0.3 is 20.7 Å². The molecule has 1 amide bonds. The Labute approximate surface area is 187 Å². The first-order chi connectivity index (χ1) is 15.8. The van der Waals surface area contributed by atoms with Crippen LogP contribution >= 0.6 is 0 Å². The monoisotopic (exact) mass is 447 g/mol. The van der Waals surface area contributed by atoms with E-state index in [4.69, 9.17) is 0 Å². The summed E-state index contributed by atoms with van der Waals surface area (Å²) in [6.45, 7) is 1.98. The molecular formula is C21H18BN5O6. The van der Waals surface area contributed by atoms with Crippen LogP contribution in [0.1, 0.15) is 21.5 Å². The zero-order chi connectivity index (χ0) is 23.5. The Morgan fingerprint density at radius 1 is 1.09 bits per heavy atom. The summed E-state index contributed by atoms with van der Waals surface area (Å²) >= 11 is 0. The van der Waals surface area contributed by atoms with Crippen molar-refractivity contribution in [3.05, 3.63) is 81.4 Å². The van der Waals surface area contributed by atoms with Gasteiger partial charge in [-0.3, -0.25) is 14.9 Å². The van der Waals surface area contributed by atoms with Gasteiger partial charge >= 0.3 is 12.8 Å². The highest BCUT2D eigenvalue weighted by Gasteiger charge is 2.21. The van der Waals surface area contributed by atoms with Crippen molar-refractivity contribution in [1.29, 1.82) is 0 Å². The van der Waals surface area contributed by atoms with Gasteiger partial charge in [-0.1, -0.05) is 35.9 Å². The molecule has 0 aliphatic carbocycles. The van der Waals surface area contributed by atoms with Crippen LogP contribution in [0, 0.1) is 17.0 Å². The van der Waals surface area contributed by atoms with Crippen LogP contribution in [-0.2, 0) is 6.54 Å². The fourth-order valence-corrected chi connectivity index (χ4v) is 3.45. The van der Waals surface area contributed by atoms with Crippen LogP contribution in [0.15, 0.2) is 59.2 Å². The Morgan fingerprint density at radius 2 is 1.85 bits per heavy atom. The smallest absolute Gasteiger partial charge is 0.423 e. The summed E-state index contributed by atoms with van der Waals surface area (Å²) < 4.78 is 4.68. The maximum atomic E-state index is 12.9. The van der Waals surface area contributed by atoms with E-state index in [0.717, 1.165) is 5.56 Å². The lowest BCUT2D eigenvalue weighted by molar-refractivity contribution is -0.383. The first-order valence-electron chi connectivity index (χ1n) is 9.84. The number of benzene rings is 3. The summed E-state index contributed by atoms with van der Waals surface area (Å²) in [5, 5.41) is 43.1. The number of nitrogens with one attached hydrogen (secondary N) is 2. The standard InChI is InChI=1S/C21H18BN5O6/c1-12-10-13(6-7-15(12)22(29)30)11-23-21(28)14-4-2-3-5-16(14)24-17-8-9-18(27(31)32)20-19(17)25-33-26-20/h2-10,24,29-30H,11H2,1H3,(H,23,28). The maximum absolute atomic E-state index is 12.9. The average molecular weight is 447 g/mol. The lowest BCUT2D eigenvalue weighted by atomic mass is 9.77. The normalized spacial score (nSPS) is 10.8. The molecule has 0 bridgehead atoms. The number of rotatable bonds is 7. The SMILES string of the molecule is Cc1cc(CNC(=O)c2ccccc2Nc2ccc([N+](=O)[O-])c3nonc23)ccc1B(O)O. The number of non-ortho nitro benzene ring substituents is 1. The van der Waals surface area contributed by atoms with E-state index >= 15 is 0 Å². The summed E-state index contributed by atoms with van der Waals surface area (Å²) in [4.78, 5) is 23.5. The van der Waals surface area contributed by atoms with E-state index in [1.54, 1.807) is 49.4 Å². The highest BCUT2D eigenvalue weighted by atomic mass is 16.6. The van der Waals surface area contributed by atoms with Crippen LogP contribution in [0.5, 0.6) is 0 Å². The lowest BCUT2D eigenvalue weighted by Crippen LogP contribution is -2.32. The second kappa shape index (κ2) is 9.06. The largest absolute Gasteiger partial charge is 0.488 e. The predicted octanol–water partition coefficient (Wildman–Crippen LogP) is 1.79.